The summed E-state index contributed by atoms with van der Waals surface area (Å²) in [4.78, 5) is 14.0. The van der Waals surface area contributed by atoms with Crippen LogP contribution in [0.5, 0.6) is 0 Å². The Morgan fingerprint density at radius 3 is 2.30 bits per heavy atom. The van der Waals surface area contributed by atoms with Crippen LogP contribution in [-0.4, -0.2) is 65.0 Å². The van der Waals surface area contributed by atoms with Crippen LogP contribution in [0.25, 0.3) is 0 Å². The topological polar surface area (TPSA) is 91.4 Å². The zero-order valence-electron chi connectivity index (χ0n) is 18.9. The molecule has 0 N–H and O–H groups in total. The maximum Gasteiger partial charge on any atom is 0.410 e. The predicted octanol–water partition coefficient (Wildman–Crippen LogP) is 3.53. The Labute approximate surface area is 195 Å². The van der Waals surface area contributed by atoms with Crippen LogP contribution >= 0.6 is 0 Å². The molecule has 33 heavy (non-hydrogen) atoms. The summed E-state index contributed by atoms with van der Waals surface area (Å²) < 4.78 is 45.7. The van der Waals surface area contributed by atoms with Crippen molar-refractivity contribution in [2.45, 2.75) is 37.4 Å². The van der Waals surface area contributed by atoms with Crippen molar-refractivity contribution in [3.8, 4) is 0 Å². The molecule has 1 aliphatic rings. The molecule has 1 heterocycles. The van der Waals surface area contributed by atoms with Crippen LogP contribution in [-0.2, 0) is 35.1 Å². The number of likely N-dealkylation sites (tertiary alicyclic amines) is 1. The fourth-order valence-corrected chi connectivity index (χ4v) is 4.26. The van der Waals surface area contributed by atoms with Gasteiger partial charge in [-0.3, -0.25) is 4.18 Å². The molecule has 0 aromatic heterocycles. The number of hydrogen-bond acceptors (Lipinski definition) is 7. The predicted molar refractivity (Wildman–Crippen MR) is 122 cm³/mol. The number of carbonyl (C=O) groups excluding carboxylic acids is 1. The summed E-state index contributed by atoms with van der Waals surface area (Å²) >= 11 is 0. The average Bonchev–Trinajstić information content (AvgIpc) is 2.83. The van der Waals surface area contributed by atoms with Gasteiger partial charge in [0, 0.05) is 13.1 Å². The second-order valence-electron chi connectivity index (χ2n) is 7.80. The van der Waals surface area contributed by atoms with E-state index in [1.54, 1.807) is 17.0 Å². The van der Waals surface area contributed by atoms with E-state index in [1.807, 2.05) is 37.3 Å². The fraction of sp³-hybridized carbons (Fsp3) is 0.458. The van der Waals surface area contributed by atoms with E-state index >= 15 is 0 Å². The molecule has 1 aliphatic heterocycles. The van der Waals surface area contributed by atoms with Crippen molar-refractivity contribution < 1.29 is 31.6 Å². The lowest BCUT2D eigenvalue weighted by Crippen LogP contribution is -2.41. The minimum absolute atomic E-state index is 0.0559. The largest absolute Gasteiger partial charge is 0.445 e. The van der Waals surface area contributed by atoms with Crippen molar-refractivity contribution in [3.63, 3.8) is 0 Å². The van der Waals surface area contributed by atoms with Gasteiger partial charge in [-0.25, -0.2) is 4.79 Å². The highest BCUT2D eigenvalue weighted by Crippen LogP contribution is 2.16. The van der Waals surface area contributed by atoms with Gasteiger partial charge in [0.05, 0.1) is 37.4 Å². The smallest absolute Gasteiger partial charge is 0.410 e. The summed E-state index contributed by atoms with van der Waals surface area (Å²) in [7, 11) is -3.77. The Bertz CT molecular complexity index is 956. The molecule has 3 rings (SSSR count). The van der Waals surface area contributed by atoms with Gasteiger partial charge in [-0.2, -0.15) is 8.42 Å². The van der Waals surface area contributed by atoms with Gasteiger partial charge in [0.1, 0.15) is 6.61 Å². The van der Waals surface area contributed by atoms with Crippen molar-refractivity contribution in [2.75, 3.05) is 39.5 Å². The number of rotatable bonds is 11. The SMILES string of the molecule is Cc1ccc(S(=O)(=O)OCCOCCOC2CCN(C(=O)OCc3ccccc3)CC2)cc1. The molecular formula is C24H31NO7S. The molecule has 0 unspecified atom stereocenters. The number of carbonyl (C=O) groups is 1. The number of amides is 1. The first-order chi connectivity index (χ1) is 15.9. The van der Waals surface area contributed by atoms with Gasteiger partial charge >= 0.3 is 6.09 Å². The van der Waals surface area contributed by atoms with E-state index < -0.39 is 10.1 Å². The number of ether oxygens (including phenoxy) is 3. The van der Waals surface area contributed by atoms with E-state index in [0.717, 1.165) is 24.0 Å². The standard InChI is InChI=1S/C24H31NO7S/c1-20-7-9-23(10-8-20)33(27,28)32-18-16-29-15-17-30-22-11-13-25(14-12-22)24(26)31-19-21-5-3-2-4-6-21/h2-10,22H,11-19H2,1H3. The highest BCUT2D eigenvalue weighted by atomic mass is 32.2. The minimum atomic E-state index is -3.77. The Balaban J connectivity index is 1.22. The van der Waals surface area contributed by atoms with Gasteiger partial charge < -0.3 is 19.1 Å². The van der Waals surface area contributed by atoms with Crippen molar-refractivity contribution in [2.24, 2.45) is 0 Å². The summed E-state index contributed by atoms with van der Waals surface area (Å²) in [5.74, 6) is 0. The second kappa shape index (κ2) is 12.7. The van der Waals surface area contributed by atoms with E-state index in [2.05, 4.69) is 0 Å². The summed E-state index contributed by atoms with van der Waals surface area (Å²) in [6, 6.07) is 16.1. The fourth-order valence-electron chi connectivity index (χ4n) is 3.37. The van der Waals surface area contributed by atoms with Crippen molar-refractivity contribution in [3.05, 3.63) is 65.7 Å². The van der Waals surface area contributed by atoms with Crippen LogP contribution in [0.4, 0.5) is 4.79 Å². The molecule has 8 nitrogen and oxygen atoms in total. The summed E-state index contributed by atoms with van der Waals surface area (Å²) in [5.41, 5.74) is 1.94. The third kappa shape index (κ3) is 8.43. The van der Waals surface area contributed by atoms with Crippen LogP contribution < -0.4 is 0 Å². The van der Waals surface area contributed by atoms with Gasteiger partial charge in [0.15, 0.2) is 0 Å². The lowest BCUT2D eigenvalue weighted by atomic mass is 10.1. The number of piperidine rings is 1. The lowest BCUT2D eigenvalue weighted by molar-refractivity contribution is -0.0250. The summed E-state index contributed by atoms with van der Waals surface area (Å²) in [6.45, 7) is 4.16. The monoisotopic (exact) mass is 477 g/mol. The van der Waals surface area contributed by atoms with E-state index in [0.29, 0.717) is 26.3 Å². The number of aryl methyl sites for hydroxylation is 1. The molecule has 180 valence electrons. The quantitative estimate of drug-likeness (QED) is 0.361. The van der Waals surface area contributed by atoms with Gasteiger partial charge in [-0.15, -0.1) is 0 Å². The van der Waals surface area contributed by atoms with Gasteiger partial charge in [0.25, 0.3) is 10.1 Å². The molecule has 2 aromatic carbocycles. The molecule has 0 aliphatic carbocycles. The van der Waals surface area contributed by atoms with E-state index in [4.69, 9.17) is 18.4 Å². The number of benzene rings is 2. The zero-order chi connectivity index (χ0) is 23.5. The van der Waals surface area contributed by atoms with E-state index in [-0.39, 0.29) is 36.9 Å². The molecule has 0 bridgehead atoms. The molecule has 9 heteroatoms. The van der Waals surface area contributed by atoms with Crippen LogP contribution in [0.2, 0.25) is 0 Å². The third-order valence-corrected chi connectivity index (χ3v) is 6.59. The number of nitrogens with zero attached hydrogens (tertiary/aromatic N) is 1. The number of hydrogen-bond donors (Lipinski definition) is 0. The minimum Gasteiger partial charge on any atom is -0.445 e. The molecular weight excluding hydrogens is 446 g/mol. The van der Waals surface area contributed by atoms with Gasteiger partial charge in [-0.05, 0) is 37.5 Å². The van der Waals surface area contributed by atoms with Crippen LogP contribution in [0.15, 0.2) is 59.5 Å². The molecule has 0 saturated carbocycles. The highest BCUT2D eigenvalue weighted by molar-refractivity contribution is 7.86. The maximum atomic E-state index is 12.2. The molecule has 1 amide bonds. The first-order valence-electron chi connectivity index (χ1n) is 11.0. The lowest BCUT2D eigenvalue weighted by Gasteiger charge is -2.31. The second-order valence-corrected chi connectivity index (χ2v) is 9.41. The molecule has 1 fully saturated rings. The van der Waals surface area contributed by atoms with E-state index in [9.17, 15) is 13.2 Å². The van der Waals surface area contributed by atoms with Gasteiger partial charge in [0.2, 0.25) is 0 Å². The highest BCUT2D eigenvalue weighted by Gasteiger charge is 2.24. The average molecular weight is 478 g/mol. The van der Waals surface area contributed by atoms with Gasteiger partial charge in [-0.1, -0.05) is 48.0 Å². The third-order valence-electron chi connectivity index (χ3n) is 5.26. The summed E-state index contributed by atoms with van der Waals surface area (Å²) in [5, 5.41) is 0. The van der Waals surface area contributed by atoms with Crippen LogP contribution in [0.3, 0.4) is 0 Å². The Morgan fingerprint density at radius 2 is 1.61 bits per heavy atom. The van der Waals surface area contributed by atoms with Crippen molar-refractivity contribution in [1.29, 1.82) is 0 Å². The maximum absolute atomic E-state index is 12.2. The first kappa shape index (κ1) is 25.2. The molecule has 0 radical (unpaired) electrons. The first-order valence-corrected chi connectivity index (χ1v) is 12.5. The van der Waals surface area contributed by atoms with Crippen molar-refractivity contribution >= 4 is 16.2 Å². The zero-order valence-corrected chi connectivity index (χ0v) is 19.7. The molecule has 0 spiro atoms. The van der Waals surface area contributed by atoms with Crippen molar-refractivity contribution in [1.82, 2.24) is 4.90 Å². The normalized spacial score (nSPS) is 14.9. The Kier molecular flexibility index (Phi) is 9.68. The Hall–Kier alpha value is -2.46. The molecule has 1 saturated heterocycles. The molecule has 2 aromatic rings. The van der Waals surface area contributed by atoms with Crippen LogP contribution in [0.1, 0.15) is 24.0 Å². The van der Waals surface area contributed by atoms with E-state index in [1.165, 1.54) is 12.1 Å². The van der Waals surface area contributed by atoms with Crippen LogP contribution in [0, 0.1) is 6.92 Å². The Morgan fingerprint density at radius 1 is 0.939 bits per heavy atom. The summed E-state index contributed by atoms with van der Waals surface area (Å²) in [6.07, 6.45) is 1.22. The molecule has 0 atom stereocenters.